The summed E-state index contributed by atoms with van der Waals surface area (Å²) in [6.07, 6.45) is 3.33. The van der Waals surface area contributed by atoms with Crippen molar-refractivity contribution >= 4 is 17.3 Å². The first kappa shape index (κ1) is 19.1. The molecule has 2 aromatic rings. The van der Waals surface area contributed by atoms with Gasteiger partial charge in [0.15, 0.2) is 0 Å². The van der Waals surface area contributed by atoms with Gasteiger partial charge in [0.05, 0.1) is 12.5 Å². The van der Waals surface area contributed by atoms with Gasteiger partial charge in [-0.1, -0.05) is 30.3 Å². The molecule has 1 heterocycles. The molecule has 0 aromatic heterocycles. The maximum Gasteiger partial charge on any atom is 0.310 e. The average molecular weight is 370 g/mol. The molecule has 0 bridgehead atoms. The van der Waals surface area contributed by atoms with Crippen molar-refractivity contribution in [3.63, 3.8) is 0 Å². The van der Waals surface area contributed by atoms with E-state index in [2.05, 4.69) is 17.4 Å². The highest BCUT2D eigenvalue weighted by atomic mass is 16.5. The molecule has 1 aliphatic rings. The van der Waals surface area contributed by atoms with E-state index < -0.39 is 10.9 Å². The highest BCUT2D eigenvalue weighted by Crippen LogP contribution is 2.27. The number of ether oxygens (including phenoxy) is 1. The number of anilines is 2. The van der Waals surface area contributed by atoms with Crippen molar-refractivity contribution in [2.75, 3.05) is 36.5 Å². The molecule has 1 atom stereocenters. The van der Waals surface area contributed by atoms with Crippen LogP contribution in [-0.2, 0) is 16.0 Å². The first-order chi connectivity index (χ1) is 13.1. The van der Waals surface area contributed by atoms with E-state index in [-0.39, 0.29) is 11.9 Å². The Bertz CT molecular complexity index is 840. The van der Waals surface area contributed by atoms with Gasteiger partial charge in [-0.15, -0.1) is 0 Å². The summed E-state index contributed by atoms with van der Waals surface area (Å²) >= 11 is 0. The molecule has 1 fully saturated rings. The van der Waals surface area contributed by atoms with E-state index in [1.165, 1.54) is 5.56 Å². The van der Waals surface area contributed by atoms with Crippen LogP contribution in [0.3, 0.4) is 0 Å². The maximum absolute atomic E-state index is 12.1. The standard InChI is InChI=1S/C21H26N2O4/c1-2-27-21(26)16-11-7-13-23(14-16)18-17(19(24)20(18)25)22-12-6-10-15-8-4-3-5-9-15/h3-5,8-9,16,22H,2,6-7,10-14H2,1H3. The summed E-state index contributed by atoms with van der Waals surface area (Å²) in [7, 11) is 0. The molecule has 1 aliphatic heterocycles. The van der Waals surface area contributed by atoms with E-state index in [4.69, 9.17) is 4.74 Å². The molecule has 6 nitrogen and oxygen atoms in total. The van der Waals surface area contributed by atoms with Gasteiger partial charge in [0.25, 0.3) is 10.9 Å². The van der Waals surface area contributed by atoms with Gasteiger partial charge in [-0.25, -0.2) is 0 Å². The zero-order valence-electron chi connectivity index (χ0n) is 15.7. The molecule has 6 heteroatoms. The van der Waals surface area contributed by atoms with Gasteiger partial charge in [-0.05, 0) is 38.2 Å². The minimum absolute atomic E-state index is 0.224. The molecule has 1 unspecified atom stereocenters. The Hall–Kier alpha value is -2.63. The molecule has 0 spiro atoms. The first-order valence-corrected chi connectivity index (χ1v) is 9.64. The predicted molar refractivity (Wildman–Crippen MR) is 106 cm³/mol. The van der Waals surface area contributed by atoms with E-state index in [1.807, 2.05) is 23.1 Å². The Labute approximate surface area is 158 Å². The SMILES string of the molecule is CCOC(=O)C1CCCN(c2c(NCCCc3ccccc3)c(=O)c2=O)C1. The first-order valence-electron chi connectivity index (χ1n) is 9.64. The lowest BCUT2D eigenvalue weighted by Gasteiger charge is -2.34. The van der Waals surface area contributed by atoms with Crippen LogP contribution in [0.2, 0.25) is 0 Å². The Morgan fingerprint density at radius 3 is 2.74 bits per heavy atom. The van der Waals surface area contributed by atoms with Crippen molar-refractivity contribution in [3.8, 4) is 0 Å². The minimum atomic E-state index is -0.456. The monoisotopic (exact) mass is 370 g/mol. The normalized spacial score (nSPS) is 17.1. The zero-order valence-corrected chi connectivity index (χ0v) is 15.7. The number of benzene rings is 1. The third-order valence-electron chi connectivity index (χ3n) is 5.03. The third-order valence-corrected chi connectivity index (χ3v) is 5.03. The van der Waals surface area contributed by atoms with Crippen molar-refractivity contribution < 1.29 is 9.53 Å². The van der Waals surface area contributed by atoms with E-state index >= 15 is 0 Å². The third kappa shape index (κ3) is 4.38. The Morgan fingerprint density at radius 1 is 1.22 bits per heavy atom. The number of nitrogens with one attached hydrogen (secondary N) is 1. The molecule has 2 aromatic carbocycles. The fourth-order valence-electron chi connectivity index (χ4n) is 3.63. The Morgan fingerprint density at radius 2 is 2.00 bits per heavy atom. The number of piperidine rings is 1. The number of hydrogen-bond donors (Lipinski definition) is 1. The summed E-state index contributed by atoms with van der Waals surface area (Å²) < 4.78 is 5.11. The highest BCUT2D eigenvalue weighted by molar-refractivity contribution is 5.78. The van der Waals surface area contributed by atoms with Crippen LogP contribution >= 0.6 is 0 Å². The van der Waals surface area contributed by atoms with Crippen molar-refractivity contribution in [1.29, 1.82) is 0 Å². The summed E-state index contributed by atoms with van der Waals surface area (Å²) in [5.41, 5.74) is 1.18. The van der Waals surface area contributed by atoms with Crippen LogP contribution in [0.5, 0.6) is 0 Å². The molecule has 3 rings (SSSR count). The van der Waals surface area contributed by atoms with E-state index in [9.17, 15) is 14.4 Å². The topological polar surface area (TPSA) is 75.7 Å². The Balaban J connectivity index is 1.59. The number of rotatable bonds is 8. The number of esters is 1. The van der Waals surface area contributed by atoms with Crippen molar-refractivity contribution in [3.05, 3.63) is 56.3 Å². The average Bonchev–Trinajstić information content (AvgIpc) is 2.70. The van der Waals surface area contributed by atoms with Crippen LogP contribution in [0.15, 0.2) is 39.9 Å². The van der Waals surface area contributed by atoms with E-state index in [0.29, 0.717) is 37.6 Å². The number of carbonyl (C=O) groups is 1. The summed E-state index contributed by atoms with van der Waals surface area (Å²) in [4.78, 5) is 38.0. The van der Waals surface area contributed by atoms with Gasteiger partial charge >= 0.3 is 5.97 Å². The Kier molecular flexibility index (Phi) is 6.27. The minimum Gasteiger partial charge on any atom is -0.466 e. The van der Waals surface area contributed by atoms with Gasteiger partial charge in [-0.3, -0.25) is 14.4 Å². The second-order valence-corrected chi connectivity index (χ2v) is 6.93. The van der Waals surface area contributed by atoms with Crippen LogP contribution in [0.1, 0.15) is 31.7 Å². The maximum atomic E-state index is 12.1. The summed E-state index contributed by atoms with van der Waals surface area (Å²) in [6, 6.07) is 10.2. The van der Waals surface area contributed by atoms with Gasteiger partial charge in [0.1, 0.15) is 11.4 Å². The van der Waals surface area contributed by atoms with Crippen LogP contribution < -0.4 is 21.1 Å². The number of aryl methyl sites for hydroxylation is 1. The molecule has 0 saturated carbocycles. The van der Waals surface area contributed by atoms with Gasteiger partial charge < -0.3 is 15.0 Å². The summed E-state index contributed by atoms with van der Waals surface area (Å²) in [6.45, 7) is 3.88. The number of nitrogens with zero attached hydrogens (tertiary/aromatic N) is 1. The van der Waals surface area contributed by atoms with Gasteiger partial charge in [0.2, 0.25) is 0 Å². The second kappa shape index (κ2) is 8.84. The lowest BCUT2D eigenvalue weighted by molar-refractivity contribution is -0.148. The van der Waals surface area contributed by atoms with Crippen LogP contribution in [0, 0.1) is 5.92 Å². The van der Waals surface area contributed by atoms with Gasteiger partial charge in [0, 0.05) is 19.6 Å². The molecule has 27 heavy (non-hydrogen) atoms. The lowest BCUT2D eigenvalue weighted by Crippen LogP contribution is -2.47. The van der Waals surface area contributed by atoms with Crippen LogP contribution in [0.4, 0.5) is 11.4 Å². The van der Waals surface area contributed by atoms with E-state index in [0.717, 1.165) is 25.7 Å². The summed E-state index contributed by atoms with van der Waals surface area (Å²) in [5.74, 6) is -0.465. The number of carbonyl (C=O) groups excluding carboxylic acids is 1. The van der Waals surface area contributed by atoms with Crippen LogP contribution in [0.25, 0.3) is 0 Å². The van der Waals surface area contributed by atoms with E-state index in [1.54, 1.807) is 6.92 Å². The molecule has 144 valence electrons. The quantitative estimate of drug-likeness (QED) is 0.436. The van der Waals surface area contributed by atoms with Crippen molar-refractivity contribution in [1.82, 2.24) is 0 Å². The van der Waals surface area contributed by atoms with Crippen molar-refractivity contribution in [2.45, 2.75) is 32.6 Å². The second-order valence-electron chi connectivity index (χ2n) is 6.93. The highest BCUT2D eigenvalue weighted by Gasteiger charge is 2.32. The zero-order chi connectivity index (χ0) is 19.2. The molecule has 1 saturated heterocycles. The largest absolute Gasteiger partial charge is 0.466 e. The molecule has 0 aliphatic carbocycles. The molecule has 1 N–H and O–H groups in total. The molecule has 0 radical (unpaired) electrons. The van der Waals surface area contributed by atoms with Crippen LogP contribution in [-0.4, -0.2) is 32.2 Å². The summed E-state index contributed by atoms with van der Waals surface area (Å²) in [5, 5.41) is 3.14. The molecular weight excluding hydrogens is 344 g/mol. The fraction of sp³-hybridized carbons (Fsp3) is 0.476. The molecule has 0 amide bonds. The molecular formula is C21H26N2O4. The predicted octanol–water partition coefficient (Wildman–Crippen LogP) is 2.11. The van der Waals surface area contributed by atoms with Crippen molar-refractivity contribution in [2.24, 2.45) is 5.92 Å². The lowest BCUT2D eigenvalue weighted by atomic mass is 9.96. The number of hydrogen-bond acceptors (Lipinski definition) is 6. The van der Waals surface area contributed by atoms with Gasteiger partial charge in [-0.2, -0.15) is 0 Å². The fourth-order valence-corrected chi connectivity index (χ4v) is 3.63. The smallest absolute Gasteiger partial charge is 0.310 e.